The molecule has 1 unspecified atom stereocenters. The van der Waals surface area contributed by atoms with Gasteiger partial charge in [-0.3, -0.25) is 0 Å². The first-order chi connectivity index (χ1) is 9.19. The van der Waals surface area contributed by atoms with Crippen LogP contribution >= 0.6 is 23.4 Å². The third-order valence-electron chi connectivity index (χ3n) is 2.96. The zero-order valence-corrected chi connectivity index (χ0v) is 13.4. The van der Waals surface area contributed by atoms with Crippen LogP contribution in [0, 0.1) is 0 Å². The van der Waals surface area contributed by atoms with Gasteiger partial charge in [0.1, 0.15) is 5.75 Å². The van der Waals surface area contributed by atoms with Crippen molar-refractivity contribution in [2.45, 2.75) is 39.2 Å². The summed E-state index contributed by atoms with van der Waals surface area (Å²) in [6.45, 7) is 5.00. The van der Waals surface area contributed by atoms with Crippen molar-refractivity contribution >= 4 is 23.4 Å². The Bertz CT molecular complexity index is 373. The molecule has 1 atom stereocenters. The first-order valence-corrected chi connectivity index (χ1v) is 8.45. The topological polar surface area (TPSA) is 35.2 Å². The Balaban J connectivity index is 2.58. The van der Waals surface area contributed by atoms with E-state index >= 15 is 0 Å². The SMILES string of the molecule is CCSCCCOc1cccc(Cl)c1CC(N)CC. The Morgan fingerprint density at radius 2 is 2.16 bits per heavy atom. The molecule has 0 fully saturated rings. The van der Waals surface area contributed by atoms with Crippen LogP contribution in [0.5, 0.6) is 5.75 Å². The summed E-state index contributed by atoms with van der Waals surface area (Å²) in [6, 6.07) is 5.95. The molecule has 0 aliphatic carbocycles. The summed E-state index contributed by atoms with van der Waals surface area (Å²) in [5.41, 5.74) is 7.06. The van der Waals surface area contributed by atoms with E-state index in [-0.39, 0.29) is 6.04 Å². The van der Waals surface area contributed by atoms with Crippen LogP contribution < -0.4 is 10.5 Å². The highest BCUT2D eigenvalue weighted by Gasteiger charge is 2.11. The zero-order chi connectivity index (χ0) is 14.1. The lowest BCUT2D eigenvalue weighted by molar-refractivity contribution is 0.314. The lowest BCUT2D eigenvalue weighted by Crippen LogP contribution is -2.22. The van der Waals surface area contributed by atoms with E-state index in [9.17, 15) is 0 Å². The molecular formula is C15H24ClNOS. The molecule has 0 saturated heterocycles. The van der Waals surface area contributed by atoms with Crippen LogP contribution in [0.3, 0.4) is 0 Å². The number of ether oxygens (including phenoxy) is 1. The summed E-state index contributed by atoms with van der Waals surface area (Å²) in [4.78, 5) is 0. The molecule has 0 aliphatic heterocycles. The van der Waals surface area contributed by atoms with Crippen LogP contribution in [-0.4, -0.2) is 24.2 Å². The molecule has 1 rings (SSSR count). The molecule has 0 heterocycles. The van der Waals surface area contributed by atoms with E-state index in [4.69, 9.17) is 22.1 Å². The van der Waals surface area contributed by atoms with E-state index in [0.717, 1.165) is 53.7 Å². The minimum atomic E-state index is 0.137. The lowest BCUT2D eigenvalue weighted by Gasteiger charge is -2.15. The van der Waals surface area contributed by atoms with Crippen molar-refractivity contribution in [2.24, 2.45) is 5.73 Å². The Labute approximate surface area is 126 Å². The maximum Gasteiger partial charge on any atom is 0.124 e. The first kappa shape index (κ1) is 16.7. The molecule has 1 aromatic rings. The van der Waals surface area contributed by atoms with Crippen LogP contribution in [-0.2, 0) is 6.42 Å². The molecule has 0 saturated carbocycles. The monoisotopic (exact) mass is 301 g/mol. The highest BCUT2D eigenvalue weighted by Crippen LogP contribution is 2.28. The van der Waals surface area contributed by atoms with Crippen molar-refractivity contribution in [3.05, 3.63) is 28.8 Å². The second-order valence-electron chi connectivity index (χ2n) is 4.49. The fourth-order valence-corrected chi connectivity index (χ4v) is 2.62. The predicted octanol–water partition coefficient (Wildman–Crippen LogP) is 4.14. The Morgan fingerprint density at radius 3 is 2.84 bits per heavy atom. The van der Waals surface area contributed by atoms with Gasteiger partial charge in [0, 0.05) is 16.6 Å². The third-order valence-corrected chi connectivity index (χ3v) is 4.30. The number of rotatable bonds is 9. The molecule has 2 N–H and O–H groups in total. The maximum atomic E-state index is 6.25. The van der Waals surface area contributed by atoms with E-state index in [2.05, 4.69) is 13.8 Å². The Hall–Kier alpha value is -0.380. The van der Waals surface area contributed by atoms with Crippen LogP contribution in [0.2, 0.25) is 5.02 Å². The molecule has 0 spiro atoms. The fourth-order valence-electron chi connectivity index (χ4n) is 1.77. The first-order valence-electron chi connectivity index (χ1n) is 6.92. The summed E-state index contributed by atoms with van der Waals surface area (Å²) in [6.07, 6.45) is 2.78. The van der Waals surface area contributed by atoms with Gasteiger partial charge < -0.3 is 10.5 Å². The van der Waals surface area contributed by atoms with Gasteiger partial charge in [-0.15, -0.1) is 0 Å². The molecule has 19 heavy (non-hydrogen) atoms. The molecular weight excluding hydrogens is 278 g/mol. The molecule has 0 amide bonds. The average molecular weight is 302 g/mol. The summed E-state index contributed by atoms with van der Waals surface area (Å²) >= 11 is 8.19. The number of hydrogen-bond donors (Lipinski definition) is 1. The van der Waals surface area contributed by atoms with Crippen molar-refractivity contribution in [3.8, 4) is 5.75 Å². The quantitative estimate of drug-likeness (QED) is 0.696. The van der Waals surface area contributed by atoms with Crippen LogP contribution in [0.4, 0.5) is 0 Å². The predicted molar refractivity (Wildman–Crippen MR) is 86.5 cm³/mol. The molecule has 0 radical (unpaired) electrons. The maximum absolute atomic E-state index is 6.25. The number of halogens is 1. The number of benzene rings is 1. The fraction of sp³-hybridized carbons (Fsp3) is 0.600. The van der Waals surface area contributed by atoms with Crippen molar-refractivity contribution < 1.29 is 4.74 Å². The second-order valence-corrected chi connectivity index (χ2v) is 6.29. The van der Waals surface area contributed by atoms with Gasteiger partial charge in [0.25, 0.3) is 0 Å². The lowest BCUT2D eigenvalue weighted by atomic mass is 10.0. The van der Waals surface area contributed by atoms with Crippen molar-refractivity contribution in [1.29, 1.82) is 0 Å². The minimum Gasteiger partial charge on any atom is -0.493 e. The Kier molecular flexibility index (Phi) is 8.35. The van der Waals surface area contributed by atoms with Gasteiger partial charge in [-0.2, -0.15) is 11.8 Å². The van der Waals surface area contributed by atoms with Gasteiger partial charge in [0.05, 0.1) is 6.61 Å². The average Bonchev–Trinajstić information content (AvgIpc) is 2.41. The van der Waals surface area contributed by atoms with Gasteiger partial charge in [0.15, 0.2) is 0 Å². The molecule has 108 valence electrons. The van der Waals surface area contributed by atoms with Crippen molar-refractivity contribution in [1.82, 2.24) is 0 Å². The summed E-state index contributed by atoms with van der Waals surface area (Å²) < 4.78 is 5.86. The highest BCUT2D eigenvalue weighted by molar-refractivity contribution is 7.99. The van der Waals surface area contributed by atoms with Gasteiger partial charge in [0.2, 0.25) is 0 Å². The largest absolute Gasteiger partial charge is 0.493 e. The summed E-state index contributed by atoms with van der Waals surface area (Å²) in [5, 5.41) is 0.754. The van der Waals surface area contributed by atoms with Crippen LogP contribution in [0.1, 0.15) is 32.3 Å². The van der Waals surface area contributed by atoms with Crippen molar-refractivity contribution in [2.75, 3.05) is 18.1 Å². The number of thioether (sulfide) groups is 1. The molecule has 0 aliphatic rings. The smallest absolute Gasteiger partial charge is 0.124 e. The second kappa shape index (κ2) is 9.51. The van der Waals surface area contributed by atoms with Gasteiger partial charge in [-0.05, 0) is 42.9 Å². The van der Waals surface area contributed by atoms with E-state index in [1.807, 2.05) is 30.0 Å². The van der Waals surface area contributed by atoms with Crippen molar-refractivity contribution in [3.63, 3.8) is 0 Å². The molecule has 0 bridgehead atoms. The number of nitrogens with two attached hydrogens (primary N) is 1. The third kappa shape index (κ3) is 6.07. The van der Waals surface area contributed by atoms with E-state index in [1.165, 1.54) is 0 Å². The summed E-state index contributed by atoms with van der Waals surface area (Å²) in [7, 11) is 0. The van der Waals surface area contributed by atoms with E-state index in [1.54, 1.807) is 0 Å². The van der Waals surface area contributed by atoms with E-state index in [0.29, 0.717) is 0 Å². The van der Waals surface area contributed by atoms with Crippen LogP contribution in [0.15, 0.2) is 18.2 Å². The number of hydrogen-bond acceptors (Lipinski definition) is 3. The molecule has 0 aromatic heterocycles. The Morgan fingerprint density at radius 1 is 1.37 bits per heavy atom. The standard InChI is InChI=1S/C15H24ClNOS/c1-3-12(17)11-13-14(16)7-5-8-15(13)18-9-6-10-19-4-2/h5,7-8,12H,3-4,6,9-11,17H2,1-2H3. The van der Waals surface area contributed by atoms with Gasteiger partial charge in [-0.1, -0.05) is 31.5 Å². The highest BCUT2D eigenvalue weighted by atomic mass is 35.5. The summed E-state index contributed by atoms with van der Waals surface area (Å²) in [5.74, 6) is 3.19. The molecule has 1 aromatic carbocycles. The van der Waals surface area contributed by atoms with Gasteiger partial charge >= 0.3 is 0 Å². The molecule has 4 heteroatoms. The van der Waals surface area contributed by atoms with Crippen LogP contribution in [0.25, 0.3) is 0 Å². The minimum absolute atomic E-state index is 0.137. The molecule has 2 nitrogen and oxygen atoms in total. The van der Waals surface area contributed by atoms with Gasteiger partial charge in [-0.25, -0.2) is 0 Å². The van der Waals surface area contributed by atoms with E-state index < -0.39 is 0 Å². The normalized spacial score (nSPS) is 12.4. The zero-order valence-electron chi connectivity index (χ0n) is 11.8.